The Morgan fingerprint density at radius 3 is 2.67 bits per heavy atom. The van der Waals surface area contributed by atoms with E-state index in [0.717, 1.165) is 0 Å². The van der Waals surface area contributed by atoms with Gasteiger partial charge in [0.05, 0.1) is 5.92 Å². The van der Waals surface area contributed by atoms with Gasteiger partial charge in [-0.25, -0.2) is 8.78 Å². The molecule has 0 spiro atoms. The van der Waals surface area contributed by atoms with Crippen LogP contribution in [0.5, 0.6) is 0 Å². The van der Waals surface area contributed by atoms with Crippen molar-refractivity contribution in [1.29, 1.82) is 0 Å². The number of pyridine rings is 1. The monoisotopic (exact) mass is 172 g/mol. The first-order valence-corrected chi connectivity index (χ1v) is 3.64. The van der Waals surface area contributed by atoms with Gasteiger partial charge in [0, 0.05) is 18.9 Å². The number of halogens is 2. The molecule has 0 aliphatic heterocycles. The van der Waals surface area contributed by atoms with Crippen molar-refractivity contribution < 1.29 is 8.78 Å². The van der Waals surface area contributed by atoms with Gasteiger partial charge in [-0.2, -0.15) is 0 Å². The molecular formula is C8H10F2N2. The Morgan fingerprint density at radius 2 is 2.25 bits per heavy atom. The number of nitrogens with zero attached hydrogens (tertiary/aromatic N) is 1. The van der Waals surface area contributed by atoms with E-state index in [1.807, 2.05) is 0 Å². The summed E-state index contributed by atoms with van der Waals surface area (Å²) in [5.41, 5.74) is 5.69. The van der Waals surface area contributed by atoms with Gasteiger partial charge >= 0.3 is 0 Å². The van der Waals surface area contributed by atoms with Crippen LogP contribution in [-0.2, 0) is 0 Å². The van der Waals surface area contributed by atoms with E-state index < -0.39 is 12.3 Å². The van der Waals surface area contributed by atoms with E-state index in [9.17, 15) is 8.78 Å². The van der Waals surface area contributed by atoms with Gasteiger partial charge in [0.25, 0.3) is 0 Å². The van der Waals surface area contributed by atoms with Gasteiger partial charge < -0.3 is 5.73 Å². The van der Waals surface area contributed by atoms with Gasteiger partial charge in [0.1, 0.15) is 0 Å². The van der Waals surface area contributed by atoms with Crippen molar-refractivity contribution in [2.45, 2.75) is 12.3 Å². The summed E-state index contributed by atoms with van der Waals surface area (Å²) in [6.45, 7) is -0.0522. The van der Waals surface area contributed by atoms with E-state index in [1.165, 1.54) is 6.20 Å². The molecule has 2 nitrogen and oxygen atoms in total. The van der Waals surface area contributed by atoms with Gasteiger partial charge in [-0.1, -0.05) is 6.07 Å². The average molecular weight is 172 g/mol. The van der Waals surface area contributed by atoms with Crippen molar-refractivity contribution in [2.24, 2.45) is 5.73 Å². The summed E-state index contributed by atoms with van der Waals surface area (Å²) >= 11 is 0. The fourth-order valence-electron chi connectivity index (χ4n) is 0.980. The molecule has 0 saturated heterocycles. The third-order valence-electron chi connectivity index (χ3n) is 1.67. The molecule has 0 aromatic carbocycles. The maximum Gasteiger partial charge on any atom is 0.246 e. The third kappa shape index (κ3) is 1.98. The fraction of sp³-hybridized carbons (Fsp3) is 0.375. The quantitative estimate of drug-likeness (QED) is 0.748. The lowest BCUT2D eigenvalue weighted by molar-refractivity contribution is 0.117. The van der Waals surface area contributed by atoms with Crippen molar-refractivity contribution in [2.75, 3.05) is 6.54 Å². The molecule has 2 N–H and O–H groups in total. The normalized spacial score (nSPS) is 13.3. The second-order valence-electron chi connectivity index (χ2n) is 2.46. The van der Waals surface area contributed by atoms with Crippen LogP contribution in [0.1, 0.15) is 11.5 Å². The molecular weight excluding hydrogens is 162 g/mol. The largest absolute Gasteiger partial charge is 0.330 e. The van der Waals surface area contributed by atoms with Gasteiger partial charge in [-0.15, -0.1) is 0 Å². The van der Waals surface area contributed by atoms with Crippen LogP contribution in [0, 0.1) is 0 Å². The molecule has 0 saturated carbocycles. The maximum absolute atomic E-state index is 12.3. The van der Waals surface area contributed by atoms with Crippen LogP contribution >= 0.6 is 0 Å². The highest BCUT2D eigenvalue weighted by atomic mass is 19.3. The Bertz CT molecular complexity index is 226. The predicted molar refractivity (Wildman–Crippen MR) is 42.0 cm³/mol. The zero-order valence-electron chi connectivity index (χ0n) is 6.45. The predicted octanol–water partition coefficient (Wildman–Crippen LogP) is 1.39. The summed E-state index contributed by atoms with van der Waals surface area (Å²) in [5, 5.41) is 0. The number of rotatable bonds is 3. The summed E-state index contributed by atoms with van der Waals surface area (Å²) in [6.07, 6.45) is 0.547. The molecule has 0 bridgehead atoms. The SMILES string of the molecule is NCC(c1cccnc1)C(F)F. The van der Waals surface area contributed by atoms with Crippen LogP contribution in [0.3, 0.4) is 0 Å². The maximum atomic E-state index is 12.3. The first-order valence-electron chi connectivity index (χ1n) is 3.64. The van der Waals surface area contributed by atoms with Crippen molar-refractivity contribution in [3.63, 3.8) is 0 Å². The van der Waals surface area contributed by atoms with E-state index in [-0.39, 0.29) is 6.54 Å². The van der Waals surface area contributed by atoms with Crippen LogP contribution in [0.2, 0.25) is 0 Å². The lowest BCUT2D eigenvalue weighted by Crippen LogP contribution is -2.19. The second-order valence-corrected chi connectivity index (χ2v) is 2.46. The molecule has 0 radical (unpaired) electrons. The topological polar surface area (TPSA) is 38.9 Å². The van der Waals surface area contributed by atoms with E-state index >= 15 is 0 Å². The lowest BCUT2D eigenvalue weighted by Gasteiger charge is -2.12. The number of nitrogens with two attached hydrogens (primary N) is 1. The molecule has 1 aromatic heterocycles. The van der Waals surface area contributed by atoms with Gasteiger partial charge in [-0.05, 0) is 11.6 Å². The van der Waals surface area contributed by atoms with Crippen molar-refractivity contribution in [3.05, 3.63) is 30.1 Å². The number of hydrogen-bond acceptors (Lipinski definition) is 2. The third-order valence-corrected chi connectivity index (χ3v) is 1.67. The first kappa shape index (κ1) is 9.06. The molecule has 0 amide bonds. The van der Waals surface area contributed by atoms with Crippen molar-refractivity contribution in [3.8, 4) is 0 Å². The molecule has 0 aliphatic rings. The highest BCUT2D eigenvalue weighted by Gasteiger charge is 2.20. The van der Waals surface area contributed by atoms with Crippen LogP contribution in [0.25, 0.3) is 0 Å². The minimum absolute atomic E-state index is 0.0522. The lowest BCUT2D eigenvalue weighted by atomic mass is 10.0. The average Bonchev–Trinajstić information content (AvgIpc) is 2.07. The van der Waals surface area contributed by atoms with Gasteiger partial charge in [0.2, 0.25) is 6.43 Å². The van der Waals surface area contributed by atoms with Crippen LogP contribution < -0.4 is 5.73 Å². The van der Waals surface area contributed by atoms with E-state index in [4.69, 9.17) is 5.73 Å². The molecule has 1 rings (SSSR count). The summed E-state index contributed by atoms with van der Waals surface area (Å²) in [7, 11) is 0. The van der Waals surface area contributed by atoms with Crippen LogP contribution in [0.15, 0.2) is 24.5 Å². The highest BCUT2D eigenvalue weighted by molar-refractivity contribution is 5.15. The van der Waals surface area contributed by atoms with E-state index in [1.54, 1.807) is 18.3 Å². The zero-order chi connectivity index (χ0) is 8.97. The highest BCUT2D eigenvalue weighted by Crippen LogP contribution is 2.20. The fourth-order valence-corrected chi connectivity index (χ4v) is 0.980. The Morgan fingerprint density at radius 1 is 1.50 bits per heavy atom. The molecule has 0 fully saturated rings. The minimum atomic E-state index is -2.42. The molecule has 0 aliphatic carbocycles. The van der Waals surface area contributed by atoms with Crippen molar-refractivity contribution in [1.82, 2.24) is 4.98 Å². The smallest absolute Gasteiger partial charge is 0.246 e. The van der Waals surface area contributed by atoms with E-state index in [0.29, 0.717) is 5.56 Å². The molecule has 1 unspecified atom stereocenters. The summed E-state index contributed by atoms with van der Waals surface area (Å²) < 4.78 is 24.6. The Hall–Kier alpha value is -1.03. The zero-order valence-corrected chi connectivity index (χ0v) is 6.45. The molecule has 1 atom stereocenters. The summed E-state index contributed by atoms with van der Waals surface area (Å²) in [5.74, 6) is -0.890. The van der Waals surface area contributed by atoms with Gasteiger partial charge in [-0.3, -0.25) is 4.98 Å². The Balaban J connectivity index is 2.80. The van der Waals surface area contributed by atoms with Gasteiger partial charge in [0.15, 0.2) is 0 Å². The Kier molecular flexibility index (Phi) is 3.10. The van der Waals surface area contributed by atoms with Crippen LogP contribution in [-0.4, -0.2) is 18.0 Å². The molecule has 12 heavy (non-hydrogen) atoms. The molecule has 4 heteroatoms. The molecule has 66 valence electrons. The van der Waals surface area contributed by atoms with Crippen molar-refractivity contribution >= 4 is 0 Å². The second kappa shape index (κ2) is 4.11. The van der Waals surface area contributed by atoms with Crippen LogP contribution in [0.4, 0.5) is 8.78 Å². The minimum Gasteiger partial charge on any atom is -0.330 e. The summed E-state index contributed by atoms with van der Waals surface area (Å²) in [6, 6.07) is 3.23. The number of alkyl halides is 2. The molecule has 1 aromatic rings. The molecule has 1 heterocycles. The number of aromatic nitrogens is 1. The summed E-state index contributed by atoms with van der Waals surface area (Å²) in [4.78, 5) is 3.75. The van der Waals surface area contributed by atoms with E-state index in [2.05, 4.69) is 4.98 Å². The number of hydrogen-bond donors (Lipinski definition) is 1. The Labute approximate surface area is 69.4 Å². The first-order chi connectivity index (χ1) is 5.75. The standard InChI is InChI=1S/C8H10F2N2/c9-8(10)7(4-11)6-2-1-3-12-5-6/h1-3,5,7-8H,4,11H2.